The first-order chi connectivity index (χ1) is 10.5. The average Bonchev–Trinajstić information content (AvgIpc) is 2.49. The van der Waals surface area contributed by atoms with Crippen LogP contribution in [0.3, 0.4) is 0 Å². The van der Waals surface area contributed by atoms with Gasteiger partial charge < -0.3 is 9.30 Å². The summed E-state index contributed by atoms with van der Waals surface area (Å²) in [6.07, 6.45) is 1.41. The highest BCUT2D eigenvalue weighted by molar-refractivity contribution is 5.37. The maximum absolute atomic E-state index is 11.8. The van der Waals surface area contributed by atoms with E-state index in [1.807, 2.05) is 0 Å². The molecular weight excluding hydrogens is 294 g/mol. The molecule has 9 heteroatoms. The van der Waals surface area contributed by atoms with Gasteiger partial charge in [0, 0.05) is 18.3 Å². The van der Waals surface area contributed by atoms with Crippen LogP contribution in [0.2, 0.25) is 0 Å². The van der Waals surface area contributed by atoms with Crippen molar-refractivity contribution in [1.29, 1.82) is 0 Å². The van der Waals surface area contributed by atoms with E-state index in [9.17, 15) is 25.0 Å². The Morgan fingerprint density at radius 1 is 1.09 bits per heavy atom. The molecule has 0 aliphatic heterocycles. The van der Waals surface area contributed by atoms with Crippen molar-refractivity contribution in [3.05, 3.63) is 73.2 Å². The van der Waals surface area contributed by atoms with Crippen molar-refractivity contribution in [3.63, 3.8) is 0 Å². The quantitative estimate of drug-likeness (QED) is 0.592. The number of benzene rings is 1. The molecule has 22 heavy (non-hydrogen) atoms. The number of rotatable bonds is 6. The summed E-state index contributed by atoms with van der Waals surface area (Å²) in [5.74, 6) is 0.285. The van der Waals surface area contributed by atoms with E-state index in [2.05, 4.69) is 0 Å². The molecule has 0 aliphatic carbocycles. The molecule has 0 bridgehead atoms. The molecule has 114 valence electrons. The van der Waals surface area contributed by atoms with Crippen molar-refractivity contribution in [1.82, 2.24) is 4.57 Å². The number of hydrogen-bond acceptors (Lipinski definition) is 6. The standard InChI is InChI=1S/C13H11N3O6/c17-13-12(16(20)21)5-2-6-14(13)7-8-22-11-4-1-3-10(9-11)15(18)19/h1-6,9H,7-8H2. The van der Waals surface area contributed by atoms with Crippen LogP contribution in [0.1, 0.15) is 0 Å². The van der Waals surface area contributed by atoms with Gasteiger partial charge in [-0.1, -0.05) is 6.07 Å². The van der Waals surface area contributed by atoms with Gasteiger partial charge in [-0.3, -0.25) is 25.0 Å². The first kappa shape index (κ1) is 15.2. The second-order valence-electron chi connectivity index (χ2n) is 4.25. The Morgan fingerprint density at radius 3 is 2.55 bits per heavy atom. The molecule has 0 atom stereocenters. The fourth-order valence-electron chi connectivity index (χ4n) is 1.79. The van der Waals surface area contributed by atoms with E-state index in [0.717, 1.165) is 10.6 Å². The average molecular weight is 305 g/mol. The smallest absolute Gasteiger partial charge is 0.334 e. The molecule has 9 nitrogen and oxygen atoms in total. The maximum Gasteiger partial charge on any atom is 0.334 e. The maximum atomic E-state index is 11.8. The Bertz CT molecular complexity index is 770. The largest absolute Gasteiger partial charge is 0.491 e. The number of aromatic nitrogens is 1. The highest BCUT2D eigenvalue weighted by Gasteiger charge is 2.13. The van der Waals surface area contributed by atoms with Gasteiger partial charge in [-0.25, -0.2) is 0 Å². The fraction of sp³-hybridized carbons (Fsp3) is 0.154. The van der Waals surface area contributed by atoms with Crippen molar-refractivity contribution in [2.24, 2.45) is 0 Å². The third-order valence-electron chi connectivity index (χ3n) is 2.83. The van der Waals surface area contributed by atoms with E-state index in [0.29, 0.717) is 0 Å². The van der Waals surface area contributed by atoms with Crippen LogP contribution in [-0.4, -0.2) is 21.0 Å². The summed E-state index contributed by atoms with van der Waals surface area (Å²) < 4.78 is 6.47. The molecule has 0 saturated carbocycles. The normalized spacial score (nSPS) is 10.2. The lowest BCUT2D eigenvalue weighted by Gasteiger charge is -2.07. The molecule has 1 aromatic carbocycles. The summed E-state index contributed by atoms with van der Waals surface area (Å²) in [5, 5.41) is 21.3. The number of ether oxygens (including phenoxy) is 1. The van der Waals surface area contributed by atoms with E-state index < -0.39 is 21.1 Å². The monoisotopic (exact) mass is 305 g/mol. The Hall–Kier alpha value is -3.23. The van der Waals surface area contributed by atoms with Gasteiger partial charge in [0.2, 0.25) is 0 Å². The molecule has 0 amide bonds. The summed E-state index contributed by atoms with van der Waals surface area (Å²) in [5.41, 5.74) is -1.35. The highest BCUT2D eigenvalue weighted by atomic mass is 16.6. The molecule has 0 fully saturated rings. The van der Waals surface area contributed by atoms with Crippen LogP contribution in [0.25, 0.3) is 0 Å². The second-order valence-corrected chi connectivity index (χ2v) is 4.25. The Morgan fingerprint density at radius 2 is 1.86 bits per heavy atom. The lowest BCUT2D eigenvalue weighted by Crippen LogP contribution is -2.24. The number of hydrogen-bond donors (Lipinski definition) is 0. The lowest BCUT2D eigenvalue weighted by molar-refractivity contribution is -0.386. The molecule has 0 N–H and O–H groups in total. The summed E-state index contributed by atoms with van der Waals surface area (Å²) in [7, 11) is 0. The van der Waals surface area contributed by atoms with Gasteiger partial charge >= 0.3 is 11.2 Å². The van der Waals surface area contributed by atoms with Crippen LogP contribution in [0.5, 0.6) is 5.75 Å². The van der Waals surface area contributed by atoms with Crippen LogP contribution in [0.15, 0.2) is 47.4 Å². The molecular formula is C13H11N3O6. The fourth-order valence-corrected chi connectivity index (χ4v) is 1.79. The first-order valence-corrected chi connectivity index (χ1v) is 6.20. The van der Waals surface area contributed by atoms with Gasteiger partial charge in [-0.05, 0) is 12.1 Å². The third kappa shape index (κ3) is 3.45. The molecule has 1 heterocycles. The van der Waals surface area contributed by atoms with E-state index in [-0.39, 0.29) is 24.6 Å². The molecule has 0 spiro atoms. The number of non-ortho nitro benzene ring substituents is 1. The number of nitro groups is 2. The zero-order valence-corrected chi connectivity index (χ0v) is 11.2. The molecule has 0 radical (unpaired) electrons. The summed E-state index contributed by atoms with van der Waals surface area (Å²) in [6, 6.07) is 8.14. The van der Waals surface area contributed by atoms with Crippen LogP contribution >= 0.6 is 0 Å². The Balaban J connectivity index is 2.04. The molecule has 1 aromatic heterocycles. The van der Waals surface area contributed by atoms with Crippen molar-refractivity contribution in [3.8, 4) is 5.75 Å². The Kier molecular flexibility index (Phi) is 4.47. The predicted molar refractivity (Wildman–Crippen MR) is 75.9 cm³/mol. The van der Waals surface area contributed by atoms with E-state index in [1.54, 1.807) is 6.07 Å². The van der Waals surface area contributed by atoms with Crippen LogP contribution in [-0.2, 0) is 6.54 Å². The minimum atomic E-state index is -0.750. The predicted octanol–water partition coefficient (Wildman–Crippen LogP) is 1.74. The van der Waals surface area contributed by atoms with Gasteiger partial charge in [0.25, 0.3) is 5.69 Å². The topological polar surface area (TPSA) is 118 Å². The molecule has 0 aliphatic rings. The van der Waals surface area contributed by atoms with Crippen molar-refractivity contribution in [2.75, 3.05) is 6.61 Å². The number of pyridine rings is 1. The summed E-state index contributed by atoms with van der Waals surface area (Å²) in [6.45, 7) is 0.130. The van der Waals surface area contributed by atoms with Gasteiger partial charge in [0.1, 0.15) is 12.4 Å². The van der Waals surface area contributed by atoms with E-state index in [1.165, 1.54) is 30.5 Å². The Labute approximate surface area is 123 Å². The first-order valence-electron chi connectivity index (χ1n) is 6.20. The molecule has 0 unspecified atom stereocenters. The molecule has 0 saturated heterocycles. The van der Waals surface area contributed by atoms with Gasteiger partial charge in [0.15, 0.2) is 0 Å². The second kappa shape index (κ2) is 6.48. The van der Waals surface area contributed by atoms with Crippen molar-refractivity contribution < 1.29 is 14.6 Å². The van der Waals surface area contributed by atoms with Gasteiger partial charge in [-0.15, -0.1) is 0 Å². The van der Waals surface area contributed by atoms with Crippen LogP contribution in [0, 0.1) is 20.2 Å². The van der Waals surface area contributed by atoms with Crippen LogP contribution < -0.4 is 10.3 Å². The summed E-state index contributed by atoms with van der Waals surface area (Å²) >= 11 is 0. The number of nitro benzene ring substituents is 1. The van der Waals surface area contributed by atoms with E-state index in [4.69, 9.17) is 4.74 Å². The minimum Gasteiger partial charge on any atom is -0.491 e. The molecule has 2 aromatic rings. The van der Waals surface area contributed by atoms with Crippen LogP contribution in [0.4, 0.5) is 11.4 Å². The third-order valence-corrected chi connectivity index (χ3v) is 2.83. The highest BCUT2D eigenvalue weighted by Crippen LogP contribution is 2.18. The SMILES string of the molecule is O=c1c([N+](=O)[O-])cccn1CCOc1cccc([N+](=O)[O-])c1. The van der Waals surface area contributed by atoms with Gasteiger partial charge in [-0.2, -0.15) is 0 Å². The summed E-state index contributed by atoms with van der Waals surface area (Å²) in [4.78, 5) is 31.8. The lowest BCUT2D eigenvalue weighted by atomic mass is 10.3. The zero-order chi connectivity index (χ0) is 16.1. The zero-order valence-electron chi connectivity index (χ0n) is 11.2. The minimum absolute atomic E-state index is 0.0439. The van der Waals surface area contributed by atoms with Crippen molar-refractivity contribution >= 4 is 11.4 Å². The molecule has 2 rings (SSSR count). The van der Waals surface area contributed by atoms with E-state index >= 15 is 0 Å². The van der Waals surface area contributed by atoms with Crippen molar-refractivity contribution in [2.45, 2.75) is 6.54 Å². The van der Waals surface area contributed by atoms with Gasteiger partial charge in [0.05, 0.1) is 22.5 Å². The number of nitrogens with zero attached hydrogens (tertiary/aromatic N) is 3.